The van der Waals surface area contributed by atoms with Crippen molar-refractivity contribution in [2.45, 2.75) is 33.4 Å². The van der Waals surface area contributed by atoms with Gasteiger partial charge in [-0.15, -0.1) is 0 Å². The van der Waals surface area contributed by atoms with E-state index in [9.17, 15) is 24.8 Å². The van der Waals surface area contributed by atoms with Crippen molar-refractivity contribution in [1.29, 1.82) is 0 Å². The molecular formula is C23H28N4O5. The third-order valence-corrected chi connectivity index (χ3v) is 5.87. The van der Waals surface area contributed by atoms with E-state index < -0.39 is 16.8 Å². The summed E-state index contributed by atoms with van der Waals surface area (Å²) in [5, 5.41) is 23.4. The van der Waals surface area contributed by atoms with Gasteiger partial charge < -0.3 is 15.3 Å². The summed E-state index contributed by atoms with van der Waals surface area (Å²) < 4.78 is 0. The average molecular weight is 441 g/mol. The lowest BCUT2D eigenvalue weighted by Gasteiger charge is -2.38. The molecule has 2 aromatic carbocycles. The third kappa shape index (κ3) is 5.23. The molecule has 1 saturated heterocycles. The van der Waals surface area contributed by atoms with E-state index in [0.717, 1.165) is 37.4 Å². The Morgan fingerprint density at radius 3 is 2.41 bits per heavy atom. The summed E-state index contributed by atoms with van der Waals surface area (Å²) in [5.41, 5.74) is 2.08. The number of carboxylic acid groups (broad SMARTS) is 1. The van der Waals surface area contributed by atoms with Crippen molar-refractivity contribution in [2.75, 3.05) is 31.1 Å². The van der Waals surface area contributed by atoms with Crippen molar-refractivity contribution in [1.82, 2.24) is 10.2 Å². The number of nitrogens with zero attached hydrogens (tertiary/aromatic N) is 3. The quantitative estimate of drug-likeness (QED) is 0.502. The minimum absolute atomic E-state index is 0.00849. The van der Waals surface area contributed by atoms with Gasteiger partial charge in [0, 0.05) is 50.5 Å². The maximum Gasteiger partial charge on any atom is 0.335 e. The molecule has 32 heavy (non-hydrogen) atoms. The number of hydrogen-bond acceptors (Lipinski definition) is 6. The van der Waals surface area contributed by atoms with E-state index in [4.69, 9.17) is 0 Å². The Kier molecular flexibility index (Phi) is 7.09. The largest absolute Gasteiger partial charge is 0.478 e. The number of carboxylic acids is 1. The number of rotatable bonds is 7. The minimum Gasteiger partial charge on any atom is -0.478 e. The molecule has 2 aromatic rings. The first-order chi connectivity index (χ1) is 15.2. The van der Waals surface area contributed by atoms with E-state index in [1.54, 1.807) is 18.2 Å². The predicted octanol–water partition coefficient (Wildman–Crippen LogP) is 3.06. The first kappa shape index (κ1) is 23.2. The number of carbonyl (C=O) groups excluding carboxylic acids is 1. The van der Waals surface area contributed by atoms with E-state index in [2.05, 4.69) is 29.0 Å². The Labute approximate surface area is 186 Å². The fraction of sp³-hybridized carbons (Fsp3) is 0.391. The Morgan fingerprint density at radius 2 is 1.81 bits per heavy atom. The molecule has 3 rings (SSSR count). The molecule has 170 valence electrons. The second-order valence-electron chi connectivity index (χ2n) is 8.20. The second-order valence-corrected chi connectivity index (χ2v) is 8.20. The first-order valence-corrected chi connectivity index (χ1v) is 10.6. The zero-order valence-corrected chi connectivity index (χ0v) is 18.5. The van der Waals surface area contributed by atoms with Gasteiger partial charge in [0.2, 0.25) is 0 Å². The van der Waals surface area contributed by atoms with Crippen molar-refractivity contribution >= 4 is 23.3 Å². The third-order valence-electron chi connectivity index (χ3n) is 5.87. The molecule has 9 nitrogen and oxygen atoms in total. The van der Waals surface area contributed by atoms with Crippen LogP contribution >= 0.6 is 0 Å². The zero-order valence-electron chi connectivity index (χ0n) is 18.5. The van der Waals surface area contributed by atoms with Crippen LogP contribution in [-0.2, 0) is 6.54 Å². The number of amides is 1. The molecule has 0 radical (unpaired) electrons. The fourth-order valence-electron chi connectivity index (χ4n) is 3.82. The topological polar surface area (TPSA) is 116 Å². The summed E-state index contributed by atoms with van der Waals surface area (Å²) in [6.07, 6.45) is 0. The summed E-state index contributed by atoms with van der Waals surface area (Å²) in [4.78, 5) is 39.6. The van der Waals surface area contributed by atoms with Gasteiger partial charge in [-0.05, 0) is 56.2 Å². The lowest BCUT2D eigenvalue weighted by atomic mass is 10.0. The number of piperazine rings is 1. The summed E-state index contributed by atoms with van der Waals surface area (Å²) in [6, 6.07) is 9.74. The van der Waals surface area contributed by atoms with Gasteiger partial charge in [-0.25, -0.2) is 4.79 Å². The van der Waals surface area contributed by atoms with Crippen LogP contribution < -0.4 is 10.2 Å². The highest BCUT2D eigenvalue weighted by molar-refractivity contribution is 5.99. The number of nitro benzene ring substituents is 1. The smallest absolute Gasteiger partial charge is 0.335 e. The Morgan fingerprint density at radius 1 is 1.12 bits per heavy atom. The molecule has 1 fully saturated rings. The number of hydrogen-bond donors (Lipinski definition) is 2. The Hall–Kier alpha value is -3.46. The van der Waals surface area contributed by atoms with Crippen LogP contribution in [0.15, 0.2) is 36.4 Å². The van der Waals surface area contributed by atoms with Crippen molar-refractivity contribution < 1.29 is 19.6 Å². The molecule has 0 aromatic heterocycles. The molecule has 2 N–H and O–H groups in total. The molecule has 1 aliphatic heterocycles. The molecule has 9 heteroatoms. The number of benzene rings is 2. The molecule has 0 unspecified atom stereocenters. The molecule has 1 amide bonds. The van der Waals surface area contributed by atoms with Crippen molar-refractivity contribution in [2.24, 2.45) is 0 Å². The molecular weight excluding hydrogens is 412 g/mol. The highest BCUT2D eigenvalue weighted by atomic mass is 16.6. The summed E-state index contributed by atoms with van der Waals surface area (Å²) >= 11 is 0. The van der Waals surface area contributed by atoms with E-state index in [0.29, 0.717) is 11.6 Å². The number of anilines is 1. The van der Waals surface area contributed by atoms with Crippen molar-refractivity contribution in [3.05, 3.63) is 68.8 Å². The van der Waals surface area contributed by atoms with Crippen LogP contribution in [0.4, 0.5) is 11.4 Å². The van der Waals surface area contributed by atoms with Crippen LogP contribution in [0.25, 0.3) is 0 Å². The molecule has 0 bridgehead atoms. The van der Waals surface area contributed by atoms with E-state index in [1.807, 2.05) is 6.92 Å². The maximum absolute atomic E-state index is 12.9. The first-order valence-electron chi connectivity index (χ1n) is 10.6. The van der Waals surface area contributed by atoms with Crippen LogP contribution in [-0.4, -0.2) is 59.0 Å². The molecule has 0 aliphatic carbocycles. The second kappa shape index (κ2) is 9.78. The monoisotopic (exact) mass is 440 g/mol. The lowest BCUT2D eigenvalue weighted by Crippen LogP contribution is -2.48. The van der Waals surface area contributed by atoms with Crippen molar-refractivity contribution in [3.8, 4) is 0 Å². The van der Waals surface area contributed by atoms with E-state index in [-0.39, 0.29) is 23.4 Å². The van der Waals surface area contributed by atoms with Crippen LogP contribution in [0, 0.1) is 17.0 Å². The van der Waals surface area contributed by atoms with Gasteiger partial charge in [-0.2, -0.15) is 0 Å². The van der Waals surface area contributed by atoms with Crippen LogP contribution in [0.2, 0.25) is 0 Å². The van der Waals surface area contributed by atoms with Gasteiger partial charge in [0.05, 0.1) is 10.5 Å². The lowest BCUT2D eigenvalue weighted by molar-refractivity contribution is -0.385. The Balaban J connectivity index is 1.79. The highest BCUT2D eigenvalue weighted by Crippen LogP contribution is 2.26. The van der Waals surface area contributed by atoms with Gasteiger partial charge in [0.1, 0.15) is 5.56 Å². The summed E-state index contributed by atoms with van der Waals surface area (Å²) in [5.74, 6) is -1.63. The minimum atomic E-state index is -1.06. The van der Waals surface area contributed by atoms with Crippen LogP contribution in [0.5, 0.6) is 0 Å². The Bertz CT molecular complexity index is 1030. The van der Waals surface area contributed by atoms with Gasteiger partial charge in [-0.3, -0.25) is 19.8 Å². The van der Waals surface area contributed by atoms with Crippen LogP contribution in [0.1, 0.15) is 45.7 Å². The van der Waals surface area contributed by atoms with Gasteiger partial charge in [0.25, 0.3) is 11.6 Å². The van der Waals surface area contributed by atoms with Gasteiger partial charge >= 0.3 is 5.97 Å². The average Bonchev–Trinajstić information content (AvgIpc) is 2.77. The molecule has 0 atom stereocenters. The van der Waals surface area contributed by atoms with Gasteiger partial charge in [-0.1, -0.05) is 6.07 Å². The molecule has 0 saturated carbocycles. The van der Waals surface area contributed by atoms with Crippen LogP contribution in [0.3, 0.4) is 0 Å². The highest BCUT2D eigenvalue weighted by Gasteiger charge is 2.24. The normalized spacial score (nSPS) is 14.4. The summed E-state index contributed by atoms with van der Waals surface area (Å²) in [7, 11) is 0. The molecule has 0 spiro atoms. The standard InChI is InChI=1S/C23H28N4O5/c1-15(2)25-8-10-26(11-9-25)19-6-7-21(27(31)32)20(13-19)22(28)24-14-18-12-17(23(29)30)5-4-16(18)3/h4-7,12-13,15H,8-11,14H2,1-3H3,(H,24,28)(H,29,30). The van der Waals surface area contributed by atoms with E-state index in [1.165, 1.54) is 18.2 Å². The summed E-state index contributed by atoms with van der Waals surface area (Å²) in [6.45, 7) is 9.50. The SMILES string of the molecule is Cc1ccc(C(=O)O)cc1CNC(=O)c1cc(N2CCN(C(C)C)CC2)ccc1[N+](=O)[O-]. The number of nitrogens with one attached hydrogen (secondary N) is 1. The number of aromatic carboxylic acids is 1. The molecule has 1 heterocycles. The number of nitro groups is 1. The maximum atomic E-state index is 12.9. The van der Waals surface area contributed by atoms with Crippen molar-refractivity contribution in [3.63, 3.8) is 0 Å². The molecule has 1 aliphatic rings. The number of carbonyl (C=O) groups is 2. The predicted molar refractivity (Wildman–Crippen MR) is 121 cm³/mol. The number of aryl methyl sites for hydroxylation is 1. The van der Waals surface area contributed by atoms with E-state index >= 15 is 0 Å². The van der Waals surface area contributed by atoms with Gasteiger partial charge in [0.15, 0.2) is 0 Å². The fourth-order valence-corrected chi connectivity index (χ4v) is 3.82. The zero-order chi connectivity index (χ0) is 23.4.